The lowest BCUT2D eigenvalue weighted by Gasteiger charge is -2.01. The van der Waals surface area contributed by atoms with Crippen LogP contribution in [0.5, 0.6) is 0 Å². The molecule has 0 spiro atoms. The van der Waals surface area contributed by atoms with Crippen molar-refractivity contribution in [3.8, 4) is 0 Å². The molecule has 1 N–H and O–H groups in total. The Morgan fingerprint density at radius 2 is 2.57 bits per heavy atom. The molecule has 0 aromatic carbocycles. The monoisotopic (exact) mass is 229 g/mol. The molecule has 1 nitrogen and oxygen atoms in total. The lowest BCUT2D eigenvalue weighted by atomic mass is 10.5. The lowest BCUT2D eigenvalue weighted by molar-refractivity contribution is 0.299. The molecule has 41 valence electrons. The fourth-order valence-corrected chi connectivity index (χ4v) is 2.32. The van der Waals surface area contributed by atoms with E-state index in [1.165, 1.54) is 0 Å². The van der Waals surface area contributed by atoms with Crippen LogP contribution in [0.15, 0.2) is 0 Å². The molecule has 0 amide bonds. The van der Waals surface area contributed by atoms with E-state index in [9.17, 15) is 0 Å². The van der Waals surface area contributed by atoms with E-state index in [2.05, 4.69) is 27.2 Å². The topological polar surface area (TPSA) is 20.2 Å². The number of aliphatic hydroxyl groups is 1. The Hall–Kier alpha value is 1.18. The maximum absolute atomic E-state index is 8.45. The van der Waals surface area contributed by atoms with Crippen molar-refractivity contribution in [1.29, 1.82) is 0 Å². The van der Waals surface area contributed by atoms with Gasteiger partial charge in [0.2, 0.25) is 4.86 Å². The van der Waals surface area contributed by atoms with Crippen LogP contribution in [0.25, 0.3) is 0 Å². The van der Waals surface area contributed by atoms with Crippen molar-refractivity contribution in [2.24, 2.45) is 0 Å². The summed E-state index contributed by atoms with van der Waals surface area (Å²) in [4.78, 5) is 2.07. The van der Waals surface area contributed by atoms with Gasteiger partial charge < -0.3 is 5.11 Å². The third-order valence-electron chi connectivity index (χ3n) is 0.621. The lowest BCUT2D eigenvalue weighted by Crippen LogP contribution is -1.99. The van der Waals surface area contributed by atoms with E-state index in [1.807, 2.05) is 6.92 Å². The smallest absolute Gasteiger partial charge is 0.230 e. The second-order valence-electron chi connectivity index (χ2n) is 1.36. The van der Waals surface area contributed by atoms with E-state index in [0.717, 1.165) is 8.46 Å². The molecule has 0 heterocycles. The molecule has 1 radical (unpaired) electrons. The van der Waals surface area contributed by atoms with Crippen LogP contribution in [0.3, 0.4) is 0 Å². The summed E-state index contributed by atoms with van der Waals surface area (Å²) >= 11 is 2.20. The minimum absolute atomic E-state index is 0.317. The predicted molar refractivity (Wildman–Crippen MR) is 44.6 cm³/mol. The molecule has 0 aliphatic carbocycles. The van der Waals surface area contributed by atoms with Crippen LogP contribution in [0.4, 0.5) is 0 Å². The summed E-state index contributed by atoms with van der Waals surface area (Å²) in [6.07, 6.45) is 0. The molecule has 0 aromatic rings. The Morgan fingerprint density at radius 1 is 2.00 bits per heavy atom. The van der Waals surface area contributed by atoms with Crippen LogP contribution in [0.2, 0.25) is 0 Å². The van der Waals surface area contributed by atoms with Crippen LogP contribution in [0.1, 0.15) is 6.92 Å². The van der Waals surface area contributed by atoms with Crippen molar-refractivity contribution in [2.45, 2.75) is 12.6 Å². The molecule has 0 aliphatic heterocycles. The summed E-state index contributed by atoms with van der Waals surface area (Å²) in [5.41, 5.74) is 0.469. The molecule has 0 fully saturated rings. The van der Waals surface area contributed by atoms with Crippen molar-refractivity contribution in [3.05, 3.63) is 0 Å². The van der Waals surface area contributed by atoms with Gasteiger partial charge in [0.05, 0.1) is 0 Å². The molecule has 0 aromatic heterocycles. The van der Waals surface area contributed by atoms with Crippen molar-refractivity contribution in [2.75, 3.05) is 6.61 Å². The number of hydrogen-bond acceptors (Lipinski definition) is 1. The quantitative estimate of drug-likeness (QED) is 0.435. The van der Waals surface area contributed by atoms with Crippen LogP contribution < -0.4 is 0 Å². The van der Waals surface area contributed by atoms with Gasteiger partial charge in [0.15, 0.2) is 0 Å². The van der Waals surface area contributed by atoms with Gasteiger partial charge in [-0.3, -0.25) is 0 Å². The fourth-order valence-electron chi connectivity index (χ4n) is 0.160. The van der Waals surface area contributed by atoms with E-state index < -0.39 is 0 Å². The van der Waals surface area contributed by atoms with Gasteiger partial charge in [0.1, 0.15) is 0 Å². The van der Waals surface area contributed by atoms with Gasteiger partial charge in [-0.15, -0.1) is 8.46 Å². The number of halogens is 1. The normalized spacial score (nSPS) is 15.3. The molecule has 0 saturated heterocycles. The Kier molecular flexibility index (Phi) is 6.23. The van der Waals surface area contributed by atoms with Crippen LogP contribution in [0, 0.1) is 0 Å². The molecule has 0 rings (SSSR count). The summed E-state index contributed by atoms with van der Waals surface area (Å²) in [6, 6.07) is 0. The first-order valence-electron chi connectivity index (χ1n) is 2.10. The van der Waals surface area contributed by atoms with E-state index in [1.54, 1.807) is 0 Å². The molecule has 0 aliphatic rings. The van der Waals surface area contributed by atoms with Crippen LogP contribution >= 0.6 is 30.8 Å². The number of aliphatic hydroxyl groups excluding tert-OH is 1. The van der Waals surface area contributed by atoms with Gasteiger partial charge in [-0.2, -0.15) is 22.4 Å². The molecule has 0 bridgehead atoms. The van der Waals surface area contributed by atoms with Crippen LogP contribution in [-0.2, 0) is 0 Å². The summed E-state index contributed by atoms with van der Waals surface area (Å²) in [5, 5.41) is 8.45. The van der Waals surface area contributed by atoms with Gasteiger partial charge in [-0.1, -0.05) is 6.92 Å². The van der Waals surface area contributed by atoms with E-state index in [0.29, 0.717) is 12.3 Å². The Balaban J connectivity index is 2.83. The second kappa shape index (κ2) is 5.32. The predicted octanol–water partition coefficient (Wildman–Crippen LogP) is 1.01. The Bertz CT molecular complexity index is 45.9. The highest BCUT2D eigenvalue weighted by Gasteiger charge is 1.95. The van der Waals surface area contributed by atoms with Gasteiger partial charge in [-0.05, 0) is 5.66 Å². The summed E-state index contributed by atoms with van der Waals surface area (Å²) in [7, 11) is 0.800. The highest BCUT2D eigenvalue weighted by Crippen LogP contribution is 2.17. The van der Waals surface area contributed by atoms with Gasteiger partial charge in [-0.25, -0.2) is 0 Å². The highest BCUT2D eigenvalue weighted by atomic mass is 127. The SMILES string of the molecule is CC(CO)P[B]I. The average Bonchev–Trinajstić information content (AvgIpc) is 1.68. The zero-order chi connectivity index (χ0) is 5.70. The molecule has 4 heteroatoms. The maximum Gasteiger partial charge on any atom is 0.230 e. The second-order valence-corrected chi connectivity index (χ2v) is 4.76. The summed E-state index contributed by atoms with van der Waals surface area (Å²) in [6.45, 7) is 2.35. The zero-order valence-electron chi connectivity index (χ0n) is 4.19. The number of rotatable bonds is 3. The molecule has 0 saturated carbocycles. The first kappa shape index (κ1) is 8.18. The van der Waals surface area contributed by atoms with Crippen LogP contribution in [-0.4, -0.2) is 22.2 Å². The van der Waals surface area contributed by atoms with E-state index in [4.69, 9.17) is 5.11 Å². The average molecular weight is 229 g/mol. The van der Waals surface area contributed by atoms with E-state index >= 15 is 0 Å². The van der Waals surface area contributed by atoms with Crippen molar-refractivity contribution in [3.63, 3.8) is 0 Å². The molecular formula is C3H8BIOP. The minimum atomic E-state index is 0.317. The first-order chi connectivity index (χ1) is 3.31. The third kappa shape index (κ3) is 5.05. The van der Waals surface area contributed by atoms with Gasteiger partial charge >= 0.3 is 0 Å². The molecule has 2 unspecified atom stereocenters. The van der Waals surface area contributed by atoms with Crippen molar-refractivity contribution in [1.82, 2.24) is 0 Å². The molecule has 7 heavy (non-hydrogen) atoms. The molecular weight excluding hydrogens is 221 g/mol. The van der Waals surface area contributed by atoms with Crippen molar-refractivity contribution >= 4 is 35.7 Å². The number of hydrogen-bond donors (Lipinski definition) is 1. The third-order valence-corrected chi connectivity index (χ3v) is 2.58. The standard InChI is InChI=1S/C3H8BIOP/c1-3(2-6)7-4-5/h3,6-7H,2H2,1H3. The Morgan fingerprint density at radius 3 is 2.71 bits per heavy atom. The Labute approximate surface area is 60.1 Å². The summed E-state index contributed by atoms with van der Waals surface area (Å²) < 4.78 is 0. The minimum Gasteiger partial charge on any atom is -0.396 e. The van der Waals surface area contributed by atoms with E-state index in [-0.39, 0.29) is 0 Å². The zero-order valence-corrected chi connectivity index (χ0v) is 7.34. The maximum atomic E-state index is 8.45. The molecule has 2 atom stereocenters. The van der Waals surface area contributed by atoms with Crippen molar-refractivity contribution < 1.29 is 5.11 Å². The first-order valence-corrected chi connectivity index (χ1v) is 4.50. The van der Waals surface area contributed by atoms with Gasteiger partial charge in [0, 0.05) is 6.61 Å². The summed E-state index contributed by atoms with van der Waals surface area (Å²) in [5.74, 6) is 0. The fraction of sp³-hybridized carbons (Fsp3) is 1.00. The highest BCUT2D eigenvalue weighted by molar-refractivity contribution is 14.1. The van der Waals surface area contributed by atoms with Gasteiger partial charge in [0.25, 0.3) is 0 Å². The largest absolute Gasteiger partial charge is 0.396 e.